The molecule has 1 unspecified atom stereocenters. The third-order valence-electron chi connectivity index (χ3n) is 4.81. The van der Waals surface area contributed by atoms with E-state index in [2.05, 4.69) is 19.2 Å². The van der Waals surface area contributed by atoms with E-state index in [0.717, 1.165) is 38.8 Å². The second-order valence-electron chi connectivity index (χ2n) is 5.94. The number of carbonyl (C=O) groups is 2. The number of amides is 2. The van der Waals surface area contributed by atoms with Gasteiger partial charge in [-0.2, -0.15) is 0 Å². The number of urea groups is 1. The first-order valence-electron chi connectivity index (χ1n) is 7.71. The van der Waals surface area contributed by atoms with Crippen molar-refractivity contribution < 1.29 is 14.7 Å². The van der Waals surface area contributed by atoms with Crippen LogP contribution in [0, 0.1) is 11.3 Å². The maximum atomic E-state index is 12.1. The van der Waals surface area contributed by atoms with Gasteiger partial charge in [-0.05, 0) is 30.6 Å². The van der Waals surface area contributed by atoms with Crippen molar-refractivity contribution in [2.45, 2.75) is 52.9 Å². The fraction of sp³-hybridized carbons (Fsp3) is 0.867. The van der Waals surface area contributed by atoms with Gasteiger partial charge in [0.1, 0.15) is 0 Å². The lowest BCUT2D eigenvalue weighted by molar-refractivity contribution is -0.138. The molecule has 0 aromatic heterocycles. The topological polar surface area (TPSA) is 69.6 Å². The Kier molecular flexibility index (Phi) is 6.30. The van der Waals surface area contributed by atoms with Crippen LogP contribution in [-0.2, 0) is 4.79 Å². The summed E-state index contributed by atoms with van der Waals surface area (Å²) in [5, 5.41) is 11.7. The molecule has 0 radical (unpaired) electrons. The Morgan fingerprint density at radius 1 is 1.30 bits per heavy atom. The Morgan fingerprint density at radius 3 is 2.40 bits per heavy atom. The van der Waals surface area contributed by atoms with Crippen LogP contribution < -0.4 is 5.32 Å². The number of carboxylic acids is 1. The molecule has 2 amide bonds. The molecule has 1 aliphatic heterocycles. The summed E-state index contributed by atoms with van der Waals surface area (Å²) in [4.78, 5) is 24.7. The van der Waals surface area contributed by atoms with Gasteiger partial charge in [0.25, 0.3) is 0 Å². The largest absolute Gasteiger partial charge is 0.481 e. The van der Waals surface area contributed by atoms with E-state index in [1.807, 2.05) is 11.8 Å². The monoisotopic (exact) mass is 284 g/mol. The zero-order valence-corrected chi connectivity index (χ0v) is 12.9. The van der Waals surface area contributed by atoms with E-state index in [0.29, 0.717) is 6.54 Å². The number of rotatable bonds is 7. The van der Waals surface area contributed by atoms with E-state index in [-0.39, 0.29) is 23.8 Å². The van der Waals surface area contributed by atoms with Crippen LogP contribution in [0.2, 0.25) is 0 Å². The molecular formula is C15H28N2O3. The van der Waals surface area contributed by atoms with Crippen molar-refractivity contribution in [3.63, 3.8) is 0 Å². The average molecular weight is 284 g/mol. The van der Waals surface area contributed by atoms with Gasteiger partial charge in [0.15, 0.2) is 0 Å². The summed E-state index contributed by atoms with van der Waals surface area (Å²) in [7, 11) is 0. The molecule has 0 saturated carbocycles. The van der Waals surface area contributed by atoms with Crippen LogP contribution in [0.3, 0.4) is 0 Å². The van der Waals surface area contributed by atoms with Crippen LogP contribution in [0.5, 0.6) is 0 Å². The Bertz CT molecular complexity index is 340. The predicted molar refractivity (Wildman–Crippen MR) is 78.6 cm³/mol. The molecule has 20 heavy (non-hydrogen) atoms. The second-order valence-corrected chi connectivity index (χ2v) is 5.94. The van der Waals surface area contributed by atoms with Crippen LogP contribution in [0.1, 0.15) is 52.9 Å². The molecule has 5 heteroatoms. The summed E-state index contributed by atoms with van der Waals surface area (Å²) < 4.78 is 0. The summed E-state index contributed by atoms with van der Waals surface area (Å²) in [6.07, 6.45) is 4.15. The molecule has 1 rings (SSSR count). The zero-order chi connectivity index (χ0) is 15.2. The Morgan fingerprint density at radius 2 is 1.95 bits per heavy atom. The van der Waals surface area contributed by atoms with Gasteiger partial charge in [-0.3, -0.25) is 4.79 Å². The zero-order valence-electron chi connectivity index (χ0n) is 12.9. The summed E-state index contributed by atoms with van der Waals surface area (Å²) in [5.74, 6) is -0.788. The van der Waals surface area contributed by atoms with Gasteiger partial charge in [-0.25, -0.2) is 4.79 Å². The lowest BCUT2D eigenvalue weighted by Crippen LogP contribution is -2.41. The SMILES string of the molecule is CCC(CNC(=O)N1CCC(CC)(CC)C1)CC(=O)O. The van der Waals surface area contributed by atoms with Crippen LogP contribution in [0.4, 0.5) is 4.79 Å². The average Bonchev–Trinajstić information content (AvgIpc) is 2.88. The molecule has 2 N–H and O–H groups in total. The summed E-state index contributed by atoms with van der Waals surface area (Å²) in [6.45, 7) is 8.40. The highest BCUT2D eigenvalue weighted by molar-refractivity contribution is 5.74. The van der Waals surface area contributed by atoms with Crippen molar-refractivity contribution in [1.82, 2.24) is 10.2 Å². The molecule has 0 aliphatic carbocycles. The number of hydrogen-bond donors (Lipinski definition) is 2. The summed E-state index contributed by atoms with van der Waals surface area (Å²) in [6, 6.07) is -0.0439. The van der Waals surface area contributed by atoms with Crippen molar-refractivity contribution in [3.8, 4) is 0 Å². The number of carbonyl (C=O) groups excluding carboxylic acids is 1. The molecule has 116 valence electrons. The predicted octanol–water partition coefficient (Wildman–Crippen LogP) is 2.71. The molecule has 1 atom stereocenters. The molecule has 0 spiro atoms. The number of likely N-dealkylation sites (tertiary alicyclic amines) is 1. The minimum Gasteiger partial charge on any atom is -0.481 e. The highest BCUT2D eigenvalue weighted by Gasteiger charge is 2.36. The van der Waals surface area contributed by atoms with Gasteiger partial charge < -0.3 is 15.3 Å². The van der Waals surface area contributed by atoms with Crippen LogP contribution in [0.15, 0.2) is 0 Å². The van der Waals surface area contributed by atoms with Gasteiger partial charge >= 0.3 is 12.0 Å². The molecule has 5 nitrogen and oxygen atoms in total. The highest BCUT2D eigenvalue weighted by atomic mass is 16.4. The fourth-order valence-corrected chi connectivity index (χ4v) is 2.89. The van der Waals surface area contributed by atoms with Crippen LogP contribution in [-0.4, -0.2) is 41.6 Å². The minimum atomic E-state index is -0.803. The fourth-order valence-electron chi connectivity index (χ4n) is 2.89. The van der Waals surface area contributed by atoms with Crippen LogP contribution in [0.25, 0.3) is 0 Å². The van der Waals surface area contributed by atoms with E-state index >= 15 is 0 Å². The lowest BCUT2D eigenvalue weighted by Gasteiger charge is -2.26. The second kappa shape index (κ2) is 7.50. The van der Waals surface area contributed by atoms with Gasteiger partial charge in [-0.1, -0.05) is 27.2 Å². The molecule has 1 fully saturated rings. The van der Waals surface area contributed by atoms with E-state index in [1.165, 1.54) is 0 Å². The van der Waals surface area contributed by atoms with E-state index in [4.69, 9.17) is 5.11 Å². The Hall–Kier alpha value is -1.26. The maximum Gasteiger partial charge on any atom is 0.317 e. The third kappa shape index (κ3) is 4.39. The maximum absolute atomic E-state index is 12.1. The van der Waals surface area contributed by atoms with Crippen molar-refractivity contribution >= 4 is 12.0 Å². The summed E-state index contributed by atoms with van der Waals surface area (Å²) in [5.41, 5.74) is 0.280. The Balaban J connectivity index is 2.42. The quantitative estimate of drug-likeness (QED) is 0.755. The molecule has 1 saturated heterocycles. The molecule has 0 aromatic carbocycles. The molecule has 1 heterocycles. The number of nitrogens with zero attached hydrogens (tertiary/aromatic N) is 1. The number of hydrogen-bond acceptors (Lipinski definition) is 2. The van der Waals surface area contributed by atoms with Gasteiger partial charge in [0.2, 0.25) is 0 Å². The first-order valence-corrected chi connectivity index (χ1v) is 7.71. The van der Waals surface area contributed by atoms with E-state index in [1.54, 1.807) is 0 Å². The first-order chi connectivity index (χ1) is 9.46. The lowest BCUT2D eigenvalue weighted by atomic mass is 9.82. The highest BCUT2D eigenvalue weighted by Crippen LogP contribution is 2.36. The van der Waals surface area contributed by atoms with Crippen molar-refractivity contribution in [3.05, 3.63) is 0 Å². The molecular weight excluding hydrogens is 256 g/mol. The normalized spacial score (nSPS) is 18.9. The standard InChI is InChI=1S/C15H28N2O3/c1-4-12(9-13(18)19)10-16-14(20)17-8-7-15(5-2,6-3)11-17/h12H,4-11H2,1-3H3,(H,16,20)(H,18,19). The third-order valence-corrected chi connectivity index (χ3v) is 4.81. The van der Waals surface area contributed by atoms with Crippen molar-refractivity contribution in [1.29, 1.82) is 0 Å². The van der Waals surface area contributed by atoms with Crippen molar-refractivity contribution in [2.75, 3.05) is 19.6 Å². The Labute approximate surface area is 121 Å². The van der Waals surface area contributed by atoms with Crippen LogP contribution >= 0.6 is 0 Å². The molecule has 1 aliphatic rings. The van der Waals surface area contributed by atoms with Gasteiger partial charge in [0, 0.05) is 26.1 Å². The number of carboxylic acid groups (broad SMARTS) is 1. The van der Waals surface area contributed by atoms with E-state index in [9.17, 15) is 9.59 Å². The smallest absolute Gasteiger partial charge is 0.317 e. The number of aliphatic carboxylic acids is 1. The van der Waals surface area contributed by atoms with Crippen molar-refractivity contribution in [2.24, 2.45) is 11.3 Å². The number of nitrogens with one attached hydrogen (secondary N) is 1. The summed E-state index contributed by atoms with van der Waals surface area (Å²) >= 11 is 0. The van der Waals surface area contributed by atoms with Gasteiger partial charge in [0.05, 0.1) is 0 Å². The minimum absolute atomic E-state index is 0.0150. The van der Waals surface area contributed by atoms with Gasteiger partial charge in [-0.15, -0.1) is 0 Å². The first kappa shape index (κ1) is 16.8. The van der Waals surface area contributed by atoms with E-state index < -0.39 is 5.97 Å². The molecule has 0 bridgehead atoms. The molecule has 0 aromatic rings.